The van der Waals surface area contributed by atoms with Crippen LogP contribution in [0.3, 0.4) is 0 Å². The number of alkyl halides is 2. The number of benzene rings is 3. The van der Waals surface area contributed by atoms with Gasteiger partial charge in [-0.05, 0) is 60.6 Å². The smallest absolute Gasteiger partial charge is 0.258 e. The Kier molecular flexibility index (Phi) is 8.86. The lowest BCUT2D eigenvalue weighted by atomic mass is 9.56. The molecule has 272 valence electrons. The van der Waals surface area contributed by atoms with Crippen LogP contribution in [0.2, 0.25) is 0 Å². The number of hydrogen-bond donors (Lipinski definition) is 2. The molecule has 9 nitrogen and oxygen atoms in total. The van der Waals surface area contributed by atoms with E-state index < -0.39 is 98.2 Å². The summed E-state index contributed by atoms with van der Waals surface area (Å²) >= 11 is 14.3. The van der Waals surface area contributed by atoms with Gasteiger partial charge in [-0.25, -0.2) is 26.9 Å². The number of amides is 4. The van der Waals surface area contributed by atoms with Gasteiger partial charge in [-0.3, -0.25) is 24.1 Å². The van der Waals surface area contributed by atoms with Crippen LogP contribution >= 0.6 is 23.2 Å². The molecule has 52 heavy (non-hydrogen) atoms. The lowest BCUT2D eigenvalue weighted by molar-refractivity contribution is -0.140. The first-order chi connectivity index (χ1) is 24.7. The third-order valence-corrected chi connectivity index (χ3v) is 11.9. The Bertz CT molecular complexity index is 2040. The summed E-state index contributed by atoms with van der Waals surface area (Å²) in [5, 5.41) is 18.8. The molecule has 3 aromatic rings. The van der Waals surface area contributed by atoms with E-state index in [-0.39, 0.29) is 54.6 Å². The van der Waals surface area contributed by atoms with Crippen LogP contribution in [0.15, 0.2) is 60.2 Å². The summed E-state index contributed by atoms with van der Waals surface area (Å²) in [7, 11) is 0. The van der Waals surface area contributed by atoms with Gasteiger partial charge in [-0.2, -0.15) is 0 Å². The van der Waals surface area contributed by atoms with Crippen LogP contribution in [0.4, 0.5) is 27.6 Å². The van der Waals surface area contributed by atoms with Gasteiger partial charge < -0.3 is 14.9 Å². The van der Waals surface area contributed by atoms with Crippen molar-refractivity contribution in [1.29, 1.82) is 0 Å². The molecule has 4 amide bonds. The number of aliphatic hydroxyl groups excluding tert-OH is 1. The molecule has 2 saturated heterocycles. The molecule has 0 aromatic heterocycles. The summed E-state index contributed by atoms with van der Waals surface area (Å²) in [5.74, 6) is -20.6. The third kappa shape index (κ3) is 5.05. The van der Waals surface area contributed by atoms with Gasteiger partial charge in [0.1, 0.15) is 23.8 Å². The van der Waals surface area contributed by atoms with Crippen molar-refractivity contribution in [3.05, 3.63) is 100 Å². The first-order valence-electron chi connectivity index (χ1n) is 16.1. The molecule has 7 rings (SSSR count). The molecular weight excluding hydrogens is 738 g/mol. The van der Waals surface area contributed by atoms with E-state index in [1.807, 2.05) is 0 Å². The normalized spacial score (nSPS) is 28.2. The summed E-state index contributed by atoms with van der Waals surface area (Å²) < 4.78 is 78.8. The molecule has 2 aliphatic carbocycles. The first kappa shape index (κ1) is 35.9. The van der Waals surface area contributed by atoms with E-state index in [9.17, 15) is 37.5 Å². The average Bonchev–Trinajstić information content (AvgIpc) is 3.46. The second-order valence-electron chi connectivity index (χ2n) is 13.1. The fourth-order valence-electron chi connectivity index (χ4n) is 8.05. The number of carbonyl (C=O) groups excluding carboxylic acids is 4. The summed E-state index contributed by atoms with van der Waals surface area (Å²) in [6.07, 6.45) is 1.27. The molecule has 0 spiro atoms. The molecule has 1 saturated carbocycles. The van der Waals surface area contributed by atoms with E-state index in [4.69, 9.17) is 33.0 Å². The number of aromatic hydroxyl groups is 1. The highest BCUT2D eigenvalue weighted by Crippen LogP contribution is 2.66. The van der Waals surface area contributed by atoms with Gasteiger partial charge >= 0.3 is 0 Å². The second kappa shape index (κ2) is 12.8. The van der Waals surface area contributed by atoms with Crippen LogP contribution in [0, 0.1) is 46.8 Å². The molecule has 3 aromatic carbocycles. The van der Waals surface area contributed by atoms with Crippen LogP contribution in [0.1, 0.15) is 29.9 Å². The van der Waals surface area contributed by atoms with Crippen LogP contribution in [0.25, 0.3) is 0 Å². The van der Waals surface area contributed by atoms with Crippen LogP contribution < -0.4 is 9.64 Å². The predicted octanol–water partition coefficient (Wildman–Crippen LogP) is 5.26. The maximum Gasteiger partial charge on any atom is 0.258 e. The zero-order valence-corrected chi connectivity index (χ0v) is 28.2. The number of nitrogens with zero attached hydrogens (tertiary/aromatic N) is 2. The summed E-state index contributed by atoms with van der Waals surface area (Å²) in [4.78, 5) is 52.1. The van der Waals surface area contributed by atoms with Gasteiger partial charge in [0.15, 0.2) is 33.0 Å². The zero-order chi connectivity index (χ0) is 37.4. The molecule has 16 heteroatoms. The minimum absolute atomic E-state index is 0.0106. The number of allylic oxidation sites excluding steroid dienone is 2. The highest BCUT2D eigenvalue weighted by Gasteiger charge is 2.77. The molecule has 0 radical (unpaired) electrons. The predicted molar refractivity (Wildman–Crippen MR) is 174 cm³/mol. The van der Waals surface area contributed by atoms with E-state index in [2.05, 4.69) is 0 Å². The number of likely N-dealkylation sites (tertiary alicyclic amines) is 1. The van der Waals surface area contributed by atoms with E-state index in [0.29, 0.717) is 5.57 Å². The summed E-state index contributed by atoms with van der Waals surface area (Å²) in [5.41, 5.74) is -0.591. The Labute approximate surface area is 302 Å². The number of hydrogen-bond acceptors (Lipinski definition) is 7. The Morgan fingerprint density at radius 3 is 2.04 bits per heavy atom. The Hall–Kier alpha value is -4.53. The van der Waals surface area contributed by atoms with Crippen molar-refractivity contribution < 1.29 is 56.1 Å². The number of rotatable bonds is 8. The number of ether oxygens (including phenoxy) is 1. The topological polar surface area (TPSA) is 124 Å². The van der Waals surface area contributed by atoms with Crippen molar-refractivity contribution in [2.24, 2.45) is 17.8 Å². The maximum atomic E-state index is 15.2. The SMILES string of the molecule is O=C1C2CC=C3C(CC4(Cl)C(=O)N(c5c(F)c(F)c(F)c(F)c5F)C(=O)C4(Cl)C3c3ccc(OCCO)cc3)C2C(=O)N1CCc1ccc(O)cc1. The molecule has 2 aliphatic heterocycles. The van der Waals surface area contributed by atoms with Gasteiger partial charge in [0.25, 0.3) is 11.8 Å². The summed E-state index contributed by atoms with van der Waals surface area (Å²) in [6, 6.07) is 12.0. The molecule has 6 atom stereocenters. The quantitative estimate of drug-likeness (QED) is 0.0801. The van der Waals surface area contributed by atoms with Crippen molar-refractivity contribution in [2.45, 2.75) is 34.9 Å². The molecule has 2 N–H and O–H groups in total. The van der Waals surface area contributed by atoms with Crippen molar-refractivity contribution >= 4 is 52.5 Å². The molecule has 0 bridgehead atoms. The summed E-state index contributed by atoms with van der Waals surface area (Å²) in [6.45, 7) is -0.385. The first-order valence-corrected chi connectivity index (χ1v) is 16.9. The molecule has 2 heterocycles. The van der Waals surface area contributed by atoms with Crippen molar-refractivity contribution in [1.82, 2.24) is 4.90 Å². The Morgan fingerprint density at radius 2 is 1.42 bits per heavy atom. The van der Waals surface area contributed by atoms with Gasteiger partial charge in [-0.1, -0.05) is 35.9 Å². The standard InChI is InChI=1S/C36H27Cl2F5N2O7/c37-35-15-22-20(9-10-21-23(22)32(49)44(31(21)48)12-11-16-1-5-18(47)6-2-16)24(17-3-7-19(8-4-17)52-14-13-46)36(35,38)34(51)45(33(35)50)30-28(42)26(40)25(39)27(41)29(30)43/h1-9,21-24,46-47H,10-15H2. The number of phenolic OH excluding ortho intramolecular Hbond substituents is 1. The minimum atomic E-state index is -2.64. The van der Waals surface area contributed by atoms with Gasteiger partial charge in [0.05, 0.1) is 18.4 Å². The maximum absolute atomic E-state index is 15.2. The van der Waals surface area contributed by atoms with Crippen molar-refractivity contribution in [3.8, 4) is 11.5 Å². The number of carbonyl (C=O) groups is 4. The van der Waals surface area contributed by atoms with Crippen molar-refractivity contribution in [2.75, 3.05) is 24.7 Å². The number of aliphatic hydroxyl groups is 1. The number of imide groups is 2. The Morgan fingerprint density at radius 1 is 0.808 bits per heavy atom. The number of anilines is 1. The van der Waals surface area contributed by atoms with Crippen LogP contribution in [-0.4, -0.2) is 68.2 Å². The van der Waals surface area contributed by atoms with Gasteiger partial charge in [0.2, 0.25) is 17.6 Å². The zero-order valence-electron chi connectivity index (χ0n) is 26.7. The highest BCUT2D eigenvalue weighted by molar-refractivity contribution is 6.58. The average molecular weight is 766 g/mol. The Balaban J connectivity index is 1.34. The molecule has 3 fully saturated rings. The van der Waals surface area contributed by atoms with Crippen molar-refractivity contribution in [3.63, 3.8) is 0 Å². The molecule has 4 aliphatic rings. The van der Waals surface area contributed by atoms with E-state index in [0.717, 1.165) is 10.5 Å². The second-order valence-corrected chi connectivity index (χ2v) is 14.3. The fraction of sp³-hybridized carbons (Fsp3) is 0.333. The number of halogens is 7. The van der Waals surface area contributed by atoms with Crippen LogP contribution in [0.5, 0.6) is 11.5 Å². The monoisotopic (exact) mass is 764 g/mol. The minimum Gasteiger partial charge on any atom is -0.508 e. The fourth-order valence-corrected chi connectivity index (χ4v) is 8.98. The number of fused-ring (bicyclic) bond motifs is 4. The lowest BCUT2D eigenvalue weighted by Gasteiger charge is -2.50. The van der Waals surface area contributed by atoms with E-state index in [1.165, 1.54) is 36.4 Å². The van der Waals surface area contributed by atoms with Gasteiger partial charge in [0, 0.05) is 12.5 Å². The highest BCUT2D eigenvalue weighted by atomic mass is 35.5. The van der Waals surface area contributed by atoms with E-state index >= 15 is 8.78 Å². The molecule has 6 unspecified atom stereocenters. The van der Waals surface area contributed by atoms with E-state index in [1.54, 1.807) is 18.2 Å². The van der Waals surface area contributed by atoms with Crippen LogP contribution in [-0.2, 0) is 25.6 Å². The number of phenols is 1. The van der Waals surface area contributed by atoms with Gasteiger partial charge in [-0.15, -0.1) is 23.2 Å². The molecular formula is C36H27Cl2F5N2O7. The lowest BCUT2D eigenvalue weighted by Crippen LogP contribution is -2.60. The largest absolute Gasteiger partial charge is 0.508 e. The third-order valence-electron chi connectivity index (χ3n) is 10.4.